The van der Waals surface area contributed by atoms with Gasteiger partial charge in [0.25, 0.3) is 0 Å². The molecule has 0 aliphatic rings. The number of carbonyl (C=O) groups is 1. The Morgan fingerprint density at radius 2 is 2.00 bits per heavy atom. The summed E-state index contributed by atoms with van der Waals surface area (Å²) in [6.07, 6.45) is 0. The van der Waals surface area contributed by atoms with Gasteiger partial charge >= 0.3 is 5.97 Å². The fourth-order valence-corrected chi connectivity index (χ4v) is 2.00. The summed E-state index contributed by atoms with van der Waals surface area (Å²) in [5, 5.41) is 22.7. The lowest BCUT2D eigenvalue weighted by Gasteiger charge is -2.14. The second kappa shape index (κ2) is 5.31. The Bertz CT molecular complexity index is 711. The Morgan fingerprint density at radius 1 is 1.33 bits per heavy atom. The topological polar surface area (TPSA) is 93.8 Å². The molecule has 1 aromatic carbocycles. The van der Waals surface area contributed by atoms with E-state index in [9.17, 15) is 14.3 Å². The van der Waals surface area contributed by atoms with Gasteiger partial charge in [-0.25, -0.2) is 9.18 Å². The third kappa shape index (κ3) is 2.35. The van der Waals surface area contributed by atoms with Crippen molar-refractivity contribution in [1.82, 2.24) is 9.78 Å². The van der Waals surface area contributed by atoms with Gasteiger partial charge in [-0.1, -0.05) is 0 Å². The smallest absolute Gasteiger partial charge is 0.356 e. The van der Waals surface area contributed by atoms with Gasteiger partial charge in [-0.2, -0.15) is 5.10 Å². The van der Waals surface area contributed by atoms with Crippen LogP contribution in [0.3, 0.4) is 0 Å². The number of nitrogens with zero attached hydrogens (tertiary/aromatic N) is 2. The molecule has 0 amide bonds. The zero-order valence-electron chi connectivity index (χ0n) is 11.5. The Balaban J connectivity index is 2.79. The predicted octanol–water partition coefficient (Wildman–Crippen LogP) is 1.65. The number of hydrogen-bond acceptors (Lipinski definition) is 5. The molecule has 0 unspecified atom stereocenters. The number of ether oxygens (including phenoxy) is 2. The Hall–Kier alpha value is -2.77. The molecule has 0 fully saturated rings. The van der Waals surface area contributed by atoms with E-state index in [-0.39, 0.29) is 28.5 Å². The standard InChI is InChI=1S/C13H13FN2O5/c1-16-8(5-7(15-16)13(18)19)10-11(17)6(14)4-9(20-2)12(10)21-3/h4-5,17H,1-3H3,(H,18,19). The molecule has 2 N–H and O–H groups in total. The highest BCUT2D eigenvalue weighted by molar-refractivity contribution is 5.88. The van der Waals surface area contributed by atoms with Crippen LogP contribution in [-0.2, 0) is 7.05 Å². The van der Waals surface area contributed by atoms with E-state index in [2.05, 4.69) is 5.10 Å². The number of benzene rings is 1. The Morgan fingerprint density at radius 3 is 2.48 bits per heavy atom. The number of aromatic nitrogens is 2. The van der Waals surface area contributed by atoms with Crippen molar-refractivity contribution in [2.24, 2.45) is 7.05 Å². The zero-order valence-corrected chi connectivity index (χ0v) is 11.5. The van der Waals surface area contributed by atoms with E-state index in [0.29, 0.717) is 0 Å². The number of rotatable bonds is 4. The predicted molar refractivity (Wildman–Crippen MR) is 70.3 cm³/mol. The average Bonchev–Trinajstić information content (AvgIpc) is 2.83. The first-order valence-corrected chi connectivity index (χ1v) is 5.81. The number of aromatic hydroxyl groups is 1. The van der Waals surface area contributed by atoms with Crippen LogP contribution in [-0.4, -0.2) is 40.2 Å². The summed E-state index contributed by atoms with van der Waals surface area (Å²) >= 11 is 0. The van der Waals surface area contributed by atoms with E-state index in [0.717, 1.165) is 6.07 Å². The van der Waals surface area contributed by atoms with Gasteiger partial charge in [-0.15, -0.1) is 0 Å². The molecule has 112 valence electrons. The summed E-state index contributed by atoms with van der Waals surface area (Å²) < 4.78 is 25.2. The monoisotopic (exact) mass is 296 g/mol. The number of carboxylic acid groups (broad SMARTS) is 1. The van der Waals surface area contributed by atoms with Gasteiger partial charge in [-0.05, 0) is 6.07 Å². The number of halogens is 1. The number of hydrogen-bond donors (Lipinski definition) is 2. The van der Waals surface area contributed by atoms with Crippen molar-refractivity contribution in [1.29, 1.82) is 0 Å². The van der Waals surface area contributed by atoms with Gasteiger partial charge in [0.2, 0.25) is 0 Å². The number of aromatic carboxylic acids is 1. The molecule has 0 aliphatic heterocycles. The summed E-state index contributed by atoms with van der Waals surface area (Å²) in [4.78, 5) is 11.0. The lowest BCUT2D eigenvalue weighted by Crippen LogP contribution is -2.01. The van der Waals surface area contributed by atoms with E-state index < -0.39 is 17.5 Å². The number of carboxylic acids is 1. The van der Waals surface area contributed by atoms with Crippen LogP contribution in [0, 0.1) is 5.82 Å². The molecule has 0 spiro atoms. The maximum Gasteiger partial charge on any atom is 0.356 e. The van der Waals surface area contributed by atoms with E-state index in [1.807, 2.05) is 0 Å². The summed E-state index contributed by atoms with van der Waals surface area (Å²) in [6, 6.07) is 2.19. The molecule has 2 aromatic rings. The summed E-state index contributed by atoms with van der Waals surface area (Å²) in [6.45, 7) is 0. The molecule has 1 heterocycles. The molecule has 7 nitrogen and oxygen atoms in total. The van der Waals surface area contributed by atoms with E-state index in [1.165, 1.54) is 32.0 Å². The minimum atomic E-state index is -1.24. The van der Waals surface area contributed by atoms with Gasteiger partial charge in [-0.3, -0.25) is 4.68 Å². The molecule has 0 saturated carbocycles. The van der Waals surface area contributed by atoms with Crippen LogP contribution in [0.15, 0.2) is 12.1 Å². The van der Waals surface area contributed by atoms with Gasteiger partial charge < -0.3 is 19.7 Å². The van der Waals surface area contributed by atoms with Crippen LogP contribution in [0.4, 0.5) is 4.39 Å². The highest BCUT2D eigenvalue weighted by Gasteiger charge is 2.24. The van der Waals surface area contributed by atoms with Gasteiger partial charge in [0.05, 0.1) is 25.5 Å². The Labute approximate surface area is 119 Å². The maximum absolute atomic E-state index is 13.8. The van der Waals surface area contributed by atoms with Crippen LogP contribution in [0.2, 0.25) is 0 Å². The van der Waals surface area contributed by atoms with Gasteiger partial charge in [0.1, 0.15) is 0 Å². The first-order chi connectivity index (χ1) is 9.90. The van der Waals surface area contributed by atoms with E-state index >= 15 is 0 Å². The molecule has 1 aromatic heterocycles. The van der Waals surface area contributed by atoms with Crippen molar-refractivity contribution in [2.45, 2.75) is 0 Å². The van der Waals surface area contributed by atoms with Crippen LogP contribution < -0.4 is 9.47 Å². The van der Waals surface area contributed by atoms with Crippen LogP contribution in [0.1, 0.15) is 10.5 Å². The highest BCUT2D eigenvalue weighted by Crippen LogP contribution is 2.45. The van der Waals surface area contributed by atoms with E-state index in [1.54, 1.807) is 0 Å². The summed E-state index contributed by atoms with van der Waals surface area (Å²) in [5.41, 5.74) is -0.0893. The van der Waals surface area contributed by atoms with E-state index in [4.69, 9.17) is 14.6 Å². The highest BCUT2D eigenvalue weighted by atomic mass is 19.1. The normalized spacial score (nSPS) is 10.5. The largest absolute Gasteiger partial charge is 0.504 e. The molecular formula is C13H13FN2O5. The zero-order chi connectivity index (χ0) is 15.7. The number of aryl methyl sites for hydroxylation is 1. The summed E-state index contributed by atoms with van der Waals surface area (Å²) in [5.74, 6) is -2.68. The second-order valence-corrected chi connectivity index (χ2v) is 4.16. The average molecular weight is 296 g/mol. The maximum atomic E-state index is 13.8. The van der Waals surface area contributed by atoms with Crippen molar-refractivity contribution in [3.8, 4) is 28.5 Å². The first-order valence-electron chi connectivity index (χ1n) is 5.81. The van der Waals surface area contributed by atoms with Crippen molar-refractivity contribution < 1.29 is 28.9 Å². The first kappa shape index (κ1) is 14.6. The van der Waals surface area contributed by atoms with Crippen molar-refractivity contribution in [2.75, 3.05) is 14.2 Å². The summed E-state index contributed by atoms with van der Waals surface area (Å²) in [7, 11) is 4.12. The lowest BCUT2D eigenvalue weighted by atomic mass is 10.1. The van der Waals surface area contributed by atoms with Crippen LogP contribution in [0.25, 0.3) is 11.3 Å². The Kier molecular flexibility index (Phi) is 3.70. The molecule has 0 saturated heterocycles. The number of methoxy groups -OCH3 is 2. The minimum absolute atomic E-state index is 0.0307. The molecule has 0 atom stereocenters. The quantitative estimate of drug-likeness (QED) is 0.891. The third-order valence-corrected chi connectivity index (χ3v) is 2.95. The van der Waals surface area contributed by atoms with Gasteiger partial charge in [0.15, 0.2) is 28.8 Å². The van der Waals surface area contributed by atoms with Crippen LogP contribution >= 0.6 is 0 Å². The SMILES string of the molecule is COc1cc(F)c(O)c(-c2cc(C(=O)O)nn2C)c1OC. The third-order valence-electron chi connectivity index (χ3n) is 2.95. The fraction of sp³-hybridized carbons (Fsp3) is 0.231. The van der Waals surface area contributed by atoms with Crippen molar-refractivity contribution >= 4 is 5.97 Å². The lowest BCUT2D eigenvalue weighted by molar-refractivity contribution is 0.0689. The second-order valence-electron chi connectivity index (χ2n) is 4.16. The van der Waals surface area contributed by atoms with Gasteiger partial charge in [0, 0.05) is 13.1 Å². The molecular weight excluding hydrogens is 283 g/mol. The molecule has 2 rings (SSSR count). The fourth-order valence-electron chi connectivity index (χ4n) is 2.00. The number of phenolic OH excluding ortho intramolecular Hbond substituents is 1. The molecule has 0 bridgehead atoms. The molecule has 8 heteroatoms. The van der Waals surface area contributed by atoms with Crippen molar-refractivity contribution in [3.05, 3.63) is 23.6 Å². The van der Waals surface area contributed by atoms with Crippen molar-refractivity contribution in [3.63, 3.8) is 0 Å². The molecule has 21 heavy (non-hydrogen) atoms. The molecule has 0 radical (unpaired) electrons. The molecule has 0 aliphatic carbocycles. The minimum Gasteiger partial charge on any atom is -0.504 e. The number of phenols is 1. The van der Waals surface area contributed by atoms with Crippen LogP contribution in [0.5, 0.6) is 17.2 Å².